The highest BCUT2D eigenvalue weighted by Gasteiger charge is 2.14. The van der Waals surface area contributed by atoms with Crippen molar-refractivity contribution in [2.45, 2.75) is 6.92 Å². The summed E-state index contributed by atoms with van der Waals surface area (Å²) in [4.78, 5) is 23.6. The molecule has 0 aliphatic heterocycles. The van der Waals surface area contributed by atoms with Crippen molar-refractivity contribution in [2.75, 3.05) is 14.1 Å². The van der Waals surface area contributed by atoms with E-state index in [0.717, 1.165) is 0 Å². The lowest BCUT2D eigenvalue weighted by molar-refractivity contribution is 0.0948. The van der Waals surface area contributed by atoms with Crippen molar-refractivity contribution < 1.29 is 14.1 Å². The zero-order chi connectivity index (χ0) is 10.7. The van der Waals surface area contributed by atoms with E-state index < -0.39 is 11.9 Å². The maximum Gasteiger partial charge on any atom is 0.323 e. The first-order valence-corrected chi connectivity index (χ1v) is 3.96. The topological polar surface area (TPSA) is 75.4 Å². The number of carbonyl (C=O) groups excluding carboxylic acids is 2. The van der Waals surface area contributed by atoms with Crippen molar-refractivity contribution in [2.24, 2.45) is 0 Å². The van der Waals surface area contributed by atoms with Gasteiger partial charge >= 0.3 is 6.03 Å². The van der Waals surface area contributed by atoms with E-state index in [-0.39, 0.29) is 5.69 Å². The maximum atomic E-state index is 11.3. The normalized spacial score (nSPS) is 9.64. The minimum Gasteiger partial charge on any atom is -0.361 e. The smallest absolute Gasteiger partial charge is 0.323 e. The first-order valence-electron chi connectivity index (χ1n) is 3.96. The number of carbonyl (C=O) groups is 2. The summed E-state index contributed by atoms with van der Waals surface area (Å²) in [6.07, 6.45) is 0. The van der Waals surface area contributed by atoms with Gasteiger partial charge in [0.15, 0.2) is 5.69 Å². The monoisotopic (exact) mass is 197 g/mol. The molecule has 0 atom stereocenters. The molecule has 0 spiro atoms. The summed E-state index contributed by atoms with van der Waals surface area (Å²) in [5.74, 6) is -0.0481. The fourth-order valence-electron chi connectivity index (χ4n) is 0.746. The van der Waals surface area contributed by atoms with Gasteiger partial charge in [0.05, 0.1) is 0 Å². The Bertz CT molecular complexity index is 356. The van der Waals surface area contributed by atoms with E-state index in [2.05, 4.69) is 10.5 Å². The molecule has 1 heterocycles. The van der Waals surface area contributed by atoms with Crippen LogP contribution in [0.15, 0.2) is 10.6 Å². The number of rotatable bonds is 1. The molecule has 0 aliphatic carbocycles. The molecule has 0 aliphatic rings. The van der Waals surface area contributed by atoms with Gasteiger partial charge in [0, 0.05) is 20.2 Å². The van der Waals surface area contributed by atoms with Gasteiger partial charge in [0.25, 0.3) is 5.91 Å². The minimum atomic E-state index is -0.569. The predicted molar refractivity (Wildman–Crippen MR) is 47.8 cm³/mol. The van der Waals surface area contributed by atoms with Crippen molar-refractivity contribution in [3.05, 3.63) is 17.5 Å². The Kier molecular flexibility index (Phi) is 2.85. The molecule has 1 aromatic heterocycles. The Balaban J connectivity index is 2.64. The zero-order valence-electron chi connectivity index (χ0n) is 8.20. The first kappa shape index (κ1) is 10.2. The van der Waals surface area contributed by atoms with Crippen molar-refractivity contribution in [3.8, 4) is 0 Å². The number of aromatic nitrogens is 1. The molecule has 3 amide bonds. The molecule has 6 heteroatoms. The van der Waals surface area contributed by atoms with Crippen molar-refractivity contribution in [3.63, 3.8) is 0 Å². The third-order valence-corrected chi connectivity index (χ3v) is 1.49. The number of urea groups is 1. The highest BCUT2D eigenvalue weighted by molar-refractivity contribution is 6.02. The van der Waals surface area contributed by atoms with Gasteiger partial charge in [0.2, 0.25) is 0 Å². The Hall–Kier alpha value is -1.85. The molecule has 0 saturated heterocycles. The number of aryl methyl sites for hydroxylation is 1. The van der Waals surface area contributed by atoms with Crippen LogP contribution in [0.25, 0.3) is 0 Å². The molecular formula is C8H11N3O3. The number of nitrogens with zero attached hydrogens (tertiary/aromatic N) is 2. The number of nitrogens with one attached hydrogen (secondary N) is 1. The van der Waals surface area contributed by atoms with E-state index in [9.17, 15) is 9.59 Å². The van der Waals surface area contributed by atoms with Crippen LogP contribution in [0.4, 0.5) is 4.79 Å². The molecule has 0 aromatic carbocycles. The summed E-state index contributed by atoms with van der Waals surface area (Å²) in [6.45, 7) is 1.66. The highest BCUT2D eigenvalue weighted by atomic mass is 16.5. The van der Waals surface area contributed by atoms with Gasteiger partial charge in [-0.15, -0.1) is 0 Å². The summed E-state index contributed by atoms with van der Waals surface area (Å²) < 4.78 is 4.69. The van der Waals surface area contributed by atoms with Gasteiger partial charge in [-0.25, -0.2) is 4.79 Å². The number of imide groups is 1. The van der Waals surface area contributed by atoms with E-state index in [4.69, 9.17) is 4.52 Å². The third kappa shape index (κ3) is 2.32. The molecule has 0 bridgehead atoms. The Labute approximate surface area is 80.9 Å². The van der Waals surface area contributed by atoms with E-state index in [1.807, 2.05) is 0 Å². The van der Waals surface area contributed by atoms with Crippen LogP contribution in [-0.4, -0.2) is 36.1 Å². The van der Waals surface area contributed by atoms with Crippen LogP contribution in [0.5, 0.6) is 0 Å². The van der Waals surface area contributed by atoms with Crippen LogP contribution in [0.1, 0.15) is 16.2 Å². The van der Waals surface area contributed by atoms with Gasteiger partial charge in [-0.05, 0) is 6.92 Å². The van der Waals surface area contributed by atoms with E-state index in [1.165, 1.54) is 25.1 Å². The van der Waals surface area contributed by atoms with Gasteiger partial charge in [-0.1, -0.05) is 5.16 Å². The molecule has 0 unspecified atom stereocenters. The molecular weight excluding hydrogens is 186 g/mol. The summed E-state index contributed by atoms with van der Waals surface area (Å²) in [6, 6.07) is 0.966. The predicted octanol–water partition coefficient (Wildman–Crippen LogP) is 0.394. The van der Waals surface area contributed by atoms with Crippen molar-refractivity contribution >= 4 is 11.9 Å². The largest absolute Gasteiger partial charge is 0.361 e. The standard InChI is InChI=1S/C8H11N3O3/c1-5-4-6(10-14-5)7(12)9-8(13)11(2)3/h4H,1-3H3,(H,9,12,13). The fraction of sp³-hybridized carbons (Fsp3) is 0.375. The van der Waals surface area contributed by atoms with Crippen molar-refractivity contribution in [1.29, 1.82) is 0 Å². The fourth-order valence-corrected chi connectivity index (χ4v) is 0.746. The lowest BCUT2D eigenvalue weighted by Gasteiger charge is -2.09. The lowest BCUT2D eigenvalue weighted by atomic mass is 10.3. The molecule has 1 rings (SSSR count). The van der Waals surface area contributed by atoms with Crippen LogP contribution < -0.4 is 5.32 Å². The SMILES string of the molecule is Cc1cc(C(=O)NC(=O)N(C)C)no1. The molecule has 0 fully saturated rings. The lowest BCUT2D eigenvalue weighted by Crippen LogP contribution is -2.38. The molecule has 1 N–H and O–H groups in total. The first-order chi connectivity index (χ1) is 6.50. The Morgan fingerprint density at radius 1 is 1.50 bits per heavy atom. The molecule has 6 nitrogen and oxygen atoms in total. The number of hydrogen-bond acceptors (Lipinski definition) is 4. The third-order valence-electron chi connectivity index (χ3n) is 1.49. The van der Waals surface area contributed by atoms with Crippen molar-refractivity contribution in [1.82, 2.24) is 15.4 Å². The molecule has 14 heavy (non-hydrogen) atoms. The highest BCUT2D eigenvalue weighted by Crippen LogP contribution is 2.00. The number of hydrogen-bond donors (Lipinski definition) is 1. The zero-order valence-corrected chi connectivity index (χ0v) is 8.20. The molecule has 0 saturated carbocycles. The maximum absolute atomic E-state index is 11.3. The Morgan fingerprint density at radius 3 is 2.57 bits per heavy atom. The van der Waals surface area contributed by atoms with Gasteiger partial charge in [-0.3, -0.25) is 10.1 Å². The summed E-state index contributed by atoms with van der Waals surface area (Å²) in [7, 11) is 3.08. The minimum absolute atomic E-state index is 0.0951. The van der Waals surface area contributed by atoms with E-state index >= 15 is 0 Å². The van der Waals surface area contributed by atoms with E-state index in [0.29, 0.717) is 5.76 Å². The second-order valence-electron chi connectivity index (χ2n) is 2.98. The second kappa shape index (κ2) is 3.91. The Morgan fingerprint density at radius 2 is 2.14 bits per heavy atom. The molecule has 0 radical (unpaired) electrons. The van der Waals surface area contributed by atoms with Gasteiger partial charge in [-0.2, -0.15) is 0 Å². The van der Waals surface area contributed by atoms with Crippen LogP contribution >= 0.6 is 0 Å². The average molecular weight is 197 g/mol. The van der Waals surface area contributed by atoms with Crippen LogP contribution in [0.3, 0.4) is 0 Å². The van der Waals surface area contributed by atoms with Crippen LogP contribution in [-0.2, 0) is 0 Å². The quantitative estimate of drug-likeness (QED) is 0.706. The van der Waals surface area contributed by atoms with Gasteiger partial charge in [0.1, 0.15) is 5.76 Å². The summed E-state index contributed by atoms with van der Waals surface area (Å²) in [5, 5.41) is 5.60. The molecule has 1 aromatic rings. The second-order valence-corrected chi connectivity index (χ2v) is 2.98. The average Bonchev–Trinajstić information content (AvgIpc) is 2.51. The molecule has 76 valence electrons. The van der Waals surface area contributed by atoms with Gasteiger partial charge < -0.3 is 9.42 Å². The number of amides is 3. The van der Waals surface area contributed by atoms with Crippen LogP contribution in [0, 0.1) is 6.92 Å². The van der Waals surface area contributed by atoms with Crippen LogP contribution in [0.2, 0.25) is 0 Å². The van der Waals surface area contributed by atoms with E-state index in [1.54, 1.807) is 6.92 Å². The summed E-state index contributed by atoms with van der Waals surface area (Å²) >= 11 is 0. The summed E-state index contributed by atoms with van der Waals surface area (Å²) in [5.41, 5.74) is 0.0951.